The second kappa shape index (κ2) is 9.55. The molecule has 0 aliphatic heterocycles. The number of aryl methyl sites for hydroxylation is 2. The van der Waals surface area contributed by atoms with Gasteiger partial charge in [0.05, 0.1) is 12.4 Å². The summed E-state index contributed by atoms with van der Waals surface area (Å²) in [5.74, 6) is 0.895. The van der Waals surface area contributed by atoms with Gasteiger partial charge in [-0.05, 0) is 43.9 Å². The molecule has 0 saturated heterocycles. The number of benzene rings is 1. The maximum absolute atomic E-state index is 11.6. The number of ether oxygens (including phenoxy) is 1. The maximum Gasteiger partial charge on any atom is 0.220 e. The van der Waals surface area contributed by atoms with Crippen molar-refractivity contribution >= 4 is 15.7 Å². The van der Waals surface area contributed by atoms with E-state index in [1.54, 1.807) is 6.92 Å². The van der Waals surface area contributed by atoms with Gasteiger partial charge in [-0.3, -0.25) is 4.79 Å². The molecule has 6 heteroatoms. The lowest BCUT2D eigenvalue weighted by atomic mass is 10.1. The highest BCUT2D eigenvalue weighted by atomic mass is 32.2. The summed E-state index contributed by atoms with van der Waals surface area (Å²) in [6, 6.07) is 6.09. The van der Waals surface area contributed by atoms with Crippen LogP contribution < -0.4 is 10.1 Å². The van der Waals surface area contributed by atoms with Crippen LogP contribution in [0.5, 0.6) is 5.75 Å². The van der Waals surface area contributed by atoms with E-state index in [0.717, 1.165) is 29.7 Å². The van der Waals surface area contributed by atoms with Crippen LogP contribution in [-0.4, -0.2) is 39.0 Å². The first-order chi connectivity index (χ1) is 10.8. The van der Waals surface area contributed by atoms with Crippen molar-refractivity contribution in [3.63, 3.8) is 0 Å². The van der Waals surface area contributed by atoms with Crippen molar-refractivity contribution in [2.75, 3.05) is 24.7 Å². The van der Waals surface area contributed by atoms with E-state index in [1.165, 1.54) is 0 Å². The monoisotopic (exact) mass is 341 g/mol. The third kappa shape index (κ3) is 8.02. The van der Waals surface area contributed by atoms with Gasteiger partial charge in [-0.25, -0.2) is 8.42 Å². The van der Waals surface area contributed by atoms with Crippen LogP contribution in [0.3, 0.4) is 0 Å². The topological polar surface area (TPSA) is 72.5 Å². The maximum atomic E-state index is 11.6. The average molecular weight is 341 g/mol. The Labute approximate surface area is 139 Å². The zero-order chi connectivity index (χ0) is 17.3. The Morgan fingerprint density at radius 3 is 2.65 bits per heavy atom. The van der Waals surface area contributed by atoms with E-state index in [2.05, 4.69) is 5.32 Å². The molecule has 1 rings (SSSR count). The molecule has 1 N–H and O–H groups in total. The molecule has 1 amide bonds. The standard InChI is InChI=1S/C17H27NO4S/c1-4-23(20,21)12-10-18-17(19)7-5-6-11-22-16-13-14(2)8-9-15(16)3/h8-9,13H,4-7,10-12H2,1-3H3,(H,18,19). The molecule has 0 aliphatic carbocycles. The van der Waals surface area contributed by atoms with Gasteiger partial charge in [-0.1, -0.05) is 19.1 Å². The molecule has 0 atom stereocenters. The summed E-state index contributed by atoms with van der Waals surface area (Å²) in [5, 5.41) is 2.64. The van der Waals surface area contributed by atoms with Gasteiger partial charge >= 0.3 is 0 Å². The van der Waals surface area contributed by atoms with Gasteiger partial charge < -0.3 is 10.1 Å². The van der Waals surface area contributed by atoms with Crippen LogP contribution in [0.15, 0.2) is 18.2 Å². The third-order valence-electron chi connectivity index (χ3n) is 3.57. The lowest BCUT2D eigenvalue weighted by Gasteiger charge is -2.10. The predicted octanol–water partition coefficient (Wildman–Crippen LogP) is 2.40. The van der Waals surface area contributed by atoms with Crippen molar-refractivity contribution in [1.29, 1.82) is 0 Å². The first kappa shape index (κ1) is 19.5. The molecule has 0 aliphatic rings. The molecule has 0 heterocycles. The van der Waals surface area contributed by atoms with Gasteiger partial charge in [0.2, 0.25) is 5.91 Å². The molecule has 0 fully saturated rings. The summed E-state index contributed by atoms with van der Waals surface area (Å²) in [6.45, 7) is 6.39. The molecule has 0 spiro atoms. The van der Waals surface area contributed by atoms with Crippen LogP contribution in [0.1, 0.15) is 37.3 Å². The highest BCUT2D eigenvalue weighted by Gasteiger charge is 2.08. The molecule has 5 nitrogen and oxygen atoms in total. The van der Waals surface area contributed by atoms with Gasteiger partial charge in [0.25, 0.3) is 0 Å². The van der Waals surface area contributed by atoms with Crippen molar-refractivity contribution in [1.82, 2.24) is 5.32 Å². The Morgan fingerprint density at radius 1 is 1.22 bits per heavy atom. The number of nitrogens with one attached hydrogen (secondary N) is 1. The zero-order valence-corrected chi connectivity index (χ0v) is 15.0. The van der Waals surface area contributed by atoms with Crippen LogP contribution in [0.2, 0.25) is 0 Å². The van der Waals surface area contributed by atoms with E-state index >= 15 is 0 Å². The van der Waals surface area contributed by atoms with E-state index in [4.69, 9.17) is 4.74 Å². The minimum absolute atomic E-state index is 0.00495. The molecular weight excluding hydrogens is 314 g/mol. The molecule has 23 heavy (non-hydrogen) atoms. The largest absolute Gasteiger partial charge is 0.493 e. The molecule has 0 bridgehead atoms. The number of hydrogen-bond donors (Lipinski definition) is 1. The number of sulfone groups is 1. The fourth-order valence-corrected chi connectivity index (χ4v) is 2.71. The predicted molar refractivity (Wildman–Crippen MR) is 92.6 cm³/mol. The molecule has 0 aromatic heterocycles. The zero-order valence-electron chi connectivity index (χ0n) is 14.2. The van der Waals surface area contributed by atoms with Crippen molar-refractivity contribution in [3.8, 4) is 5.75 Å². The molecule has 130 valence electrons. The molecular formula is C17H27NO4S. The lowest BCUT2D eigenvalue weighted by molar-refractivity contribution is -0.121. The Kier molecular flexibility index (Phi) is 8.09. The quantitative estimate of drug-likeness (QED) is 0.663. The summed E-state index contributed by atoms with van der Waals surface area (Å²) in [6.07, 6.45) is 1.90. The summed E-state index contributed by atoms with van der Waals surface area (Å²) in [4.78, 5) is 11.6. The van der Waals surface area contributed by atoms with E-state index in [-0.39, 0.29) is 24.0 Å². The highest BCUT2D eigenvalue weighted by molar-refractivity contribution is 7.91. The van der Waals surface area contributed by atoms with E-state index < -0.39 is 9.84 Å². The van der Waals surface area contributed by atoms with Gasteiger partial charge in [0, 0.05) is 18.7 Å². The minimum Gasteiger partial charge on any atom is -0.493 e. The van der Waals surface area contributed by atoms with Crippen molar-refractivity contribution in [2.45, 2.75) is 40.0 Å². The van der Waals surface area contributed by atoms with Crippen LogP contribution in [0.25, 0.3) is 0 Å². The van der Waals surface area contributed by atoms with Gasteiger partial charge in [0.15, 0.2) is 9.84 Å². The Balaban J connectivity index is 2.15. The second-order valence-corrected chi connectivity index (χ2v) is 8.13. The number of rotatable bonds is 10. The van der Waals surface area contributed by atoms with Crippen molar-refractivity contribution in [2.24, 2.45) is 0 Å². The van der Waals surface area contributed by atoms with Crippen LogP contribution in [0.4, 0.5) is 0 Å². The van der Waals surface area contributed by atoms with Crippen LogP contribution in [0, 0.1) is 13.8 Å². The first-order valence-corrected chi connectivity index (χ1v) is 9.83. The molecule has 0 unspecified atom stereocenters. The van der Waals surface area contributed by atoms with Crippen molar-refractivity contribution < 1.29 is 17.9 Å². The Bertz CT molecular complexity index is 611. The third-order valence-corrected chi connectivity index (χ3v) is 5.28. The van der Waals surface area contributed by atoms with E-state index in [9.17, 15) is 13.2 Å². The molecule has 0 saturated carbocycles. The van der Waals surface area contributed by atoms with Crippen LogP contribution in [-0.2, 0) is 14.6 Å². The first-order valence-electron chi connectivity index (χ1n) is 8.01. The highest BCUT2D eigenvalue weighted by Crippen LogP contribution is 2.19. The van der Waals surface area contributed by atoms with Gasteiger partial charge in [-0.2, -0.15) is 0 Å². The average Bonchev–Trinajstić information content (AvgIpc) is 2.50. The van der Waals surface area contributed by atoms with Crippen molar-refractivity contribution in [3.05, 3.63) is 29.3 Å². The normalized spacial score (nSPS) is 11.3. The molecule has 0 radical (unpaired) electrons. The van der Waals surface area contributed by atoms with E-state index in [1.807, 2.05) is 32.0 Å². The fraction of sp³-hybridized carbons (Fsp3) is 0.588. The Hall–Kier alpha value is -1.56. The summed E-state index contributed by atoms with van der Waals surface area (Å²) in [7, 11) is -3.02. The number of carbonyl (C=O) groups is 1. The summed E-state index contributed by atoms with van der Waals surface area (Å²) >= 11 is 0. The smallest absolute Gasteiger partial charge is 0.220 e. The number of hydrogen-bond acceptors (Lipinski definition) is 4. The van der Waals surface area contributed by atoms with Gasteiger partial charge in [0.1, 0.15) is 5.75 Å². The molecule has 1 aromatic carbocycles. The molecule has 1 aromatic rings. The number of unbranched alkanes of at least 4 members (excludes halogenated alkanes) is 1. The van der Waals surface area contributed by atoms with Gasteiger partial charge in [-0.15, -0.1) is 0 Å². The minimum atomic E-state index is -3.02. The number of amides is 1. The fourth-order valence-electron chi connectivity index (χ4n) is 2.01. The second-order valence-electron chi connectivity index (χ2n) is 5.66. The lowest BCUT2D eigenvalue weighted by Crippen LogP contribution is -2.29. The van der Waals surface area contributed by atoms with Crippen LogP contribution >= 0.6 is 0 Å². The Morgan fingerprint density at radius 2 is 1.96 bits per heavy atom. The van der Waals surface area contributed by atoms with E-state index in [0.29, 0.717) is 13.0 Å². The number of carbonyl (C=O) groups excluding carboxylic acids is 1. The summed E-state index contributed by atoms with van der Waals surface area (Å²) < 4.78 is 28.3. The SMILES string of the molecule is CCS(=O)(=O)CCNC(=O)CCCCOc1cc(C)ccc1C. The summed E-state index contributed by atoms with van der Waals surface area (Å²) in [5.41, 5.74) is 2.26.